The Hall–Kier alpha value is -3.41. The first kappa shape index (κ1) is 20.9. The van der Waals surface area contributed by atoms with Gasteiger partial charge in [0.2, 0.25) is 5.75 Å². The predicted octanol–water partition coefficient (Wildman–Crippen LogP) is 3.89. The predicted molar refractivity (Wildman–Crippen MR) is 107 cm³/mol. The molecule has 2 rings (SSSR count). The zero-order valence-electron chi connectivity index (χ0n) is 16.1. The van der Waals surface area contributed by atoms with Crippen molar-refractivity contribution in [3.63, 3.8) is 0 Å². The molecule has 6 nitrogen and oxygen atoms in total. The molecule has 0 fully saturated rings. The van der Waals surface area contributed by atoms with E-state index >= 15 is 0 Å². The van der Waals surface area contributed by atoms with Crippen LogP contribution in [0.25, 0.3) is 6.08 Å². The van der Waals surface area contributed by atoms with Gasteiger partial charge < -0.3 is 24.4 Å². The number of phenolic OH excluding ortho intramolecular Hbond substituents is 2. The third kappa shape index (κ3) is 5.54. The summed E-state index contributed by atoms with van der Waals surface area (Å²) in [6.45, 7) is 0. The van der Waals surface area contributed by atoms with Crippen LogP contribution in [0.2, 0.25) is 0 Å². The van der Waals surface area contributed by atoms with Crippen LogP contribution in [0.3, 0.4) is 0 Å². The highest BCUT2D eigenvalue weighted by Gasteiger charge is 2.09. The zero-order valence-corrected chi connectivity index (χ0v) is 16.1. The van der Waals surface area contributed by atoms with Crippen molar-refractivity contribution in [2.75, 3.05) is 21.3 Å². The van der Waals surface area contributed by atoms with E-state index in [-0.39, 0.29) is 17.3 Å². The van der Waals surface area contributed by atoms with Crippen molar-refractivity contribution in [1.29, 1.82) is 0 Å². The molecule has 2 aromatic carbocycles. The van der Waals surface area contributed by atoms with Crippen LogP contribution >= 0.6 is 0 Å². The van der Waals surface area contributed by atoms with Crippen LogP contribution < -0.4 is 14.2 Å². The van der Waals surface area contributed by atoms with Gasteiger partial charge in [0.05, 0.1) is 21.3 Å². The molecule has 0 amide bonds. The van der Waals surface area contributed by atoms with E-state index in [1.165, 1.54) is 27.4 Å². The molecule has 6 heteroatoms. The number of aryl methyl sites for hydroxylation is 1. The Morgan fingerprint density at radius 1 is 0.929 bits per heavy atom. The third-order valence-corrected chi connectivity index (χ3v) is 4.09. The second-order valence-corrected chi connectivity index (χ2v) is 5.96. The van der Waals surface area contributed by atoms with Crippen molar-refractivity contribution < 1.29 is 29.2 Å². The number of aromatic hydroxyl groups is 2. The lowest BCUT2D eigenvalue weighted by atomic mass is 10.1. The van der Waals surface area contributed by atoms with E-state index < -0.39 is 0 Å². The number of hydrogen-bond acceptors (Lipinski definition) is 6. The highest BCUT2D eigenvalue weighted by Crippen LogP contribution is 2.37. The van der Waals surface area contributed by atoms with Gasteiger partial charge in [-0.25, -0.2) is 0 Å². The Kier molecular flexibility index (Phi) is 7.51. The molecular weight excluding hydrogens is 360 g/mol. The second-order valence-electron chi connectivity index (χ2n) is 5.96. The number of phenols is 2. The molecule has 0 unspecified atom stereocenters. The molecule has 0 radical (unpaired) electrons. The Balaban J connectivity index is 1.94. The lowest BCUT2D eigenvalue weighted by molar-refractivity contribution is -0.114. The maximum Gasteiger partial charge on any atom is 0.200 e. The minimum absolute atomic E-state index is 0.0161. The number of carbonyl (C=O) groups excluding carboxylic acids is 1. The van der Waals surface area contributed by atoms with Crippen molar-refractivity contribution in [3.8, 4) is 28.7 Å². The van der Waals surface area contributed by atoms with Gasteiger partial charge in [-0.15, -0.1) is 0 Å². The van der Waals surface area contributed by atoms with Crippen molar-refractivity contribution in [2.45, 2.75) is 12.8 Å². The number of rotatable bonds is 9. The van der Waals surface area contributed by atoms with Crippen molar-refractivity contribution in [1.82, 2.24) is 0 Å². The van der Waals surface area contributed by atoms with E-state index in [2.05, 4.69) is 0 Å². The van der Waals surface area contributed by atoms with Gasteiger partial charge in [0, 0.05) is 6.42 Å². The molecule has 0 aliphatic carbocycles. The lowest BCUT2D eigenvalue weighted by Crippen LogP contribution is -1.96. The minimum atomic E-state index is -0.0567. The van der Waals surface area contributed by atoms with Crippen LogP contribution in [0.5, 0.6) is 28.7 Å². The topological polar surface area (TPSA) is 85.2 Å². The summed E-state index contributed by atoms with van der Waals surface area (Å²) < 4.78 is 15.3. The molecule has 0 aliphatic rings. The number of allylic oxidation sites excluding steroid dienone is 3. The normalized spacial score (nSPS) is 11.1. The quantitative estimate of drug-likeness (QED) is 0.504. The minimum Gasteiger partial charge on any atom is -0.504 e. The number of carbonyl (C=O) groups is 1. The summed E-state index contributed by atoms with van der Waals surface area (Å²) in [6.07, 6.45) is 7.56. The van der Waals surface area contributed by atoms with E-state index in [9.17, 15) is 15.0 Å². The summed E-state index contributed by atoms with van der Waals surface area (Å²) in [5.41, 5.74) is 1.68. The SMILES string of the molecule is COc1cc(CCC(=O)/C=C/C=C/c2cc(OC)c(O)c(OC)c2)ccc1O. The van der Waals surface area contributed by atoms with Gasteiger partial charge in [-0.1, -0.05) is 24.3 Å². The maximum absolute atomic E-state index is 12.0. The van der Waals surface area contributed by atoms with Gasteiger partial charge in [0.15, 0.2) is 28.8 Å². The van der Waals surface area contributed by atoms with Gasteiger partial charge in [-0.05, 0) is 47.9 Å². The molecule has 0 aromatic heterocycles. The highest BCUT2D eigenvalue weighted by atomic mass is 16.5. The van der Waals surface area contributed by atoms with Crippen LogP contribution in [-0.2, 0) is 11.2 Å². The smallest absolute Gasteiger partial charge is 0.200 e. The third-order valence-electron chi connectivity index (χ3n) is 4.09. The molecule has 0 spiro atoms. The summed E-state index contributed by atoms with van der Waals surface area (Å²) in [5, 5.41) is 19.5. The number of ether oxygens (including phenoxy) is 3. The molecule has 2 aromatic rings. The average molecular weight is 384 g/mol. The first-order chi connectivity index (χ1) is 13.5. The molecule has 0 saturated heterocycles. The Labute approximate surface area is 164 Å². The maximum atomic E-state index is 12.0. The monoisotopic (exact) mass is 384 g/mol. The van der Waals surface area contributed by atoms with Gasteiger partial charge in [-0.2, -0.15) is 0 Å². The highest BCUT2D eigenvalue weighted by molar-refractivity contribution is 5.90. The number of hydrogen-bond donors (Lipinski definition) is 2. The Bertz CT molecular complexity index is 858. The molecule has 0 heterocycles. The van der Waals surface area contributed by atoms with E-state index in [1.54, 1.807) is 48.6 Å². The summed E-state index contributed by atoms with van der Waals surface area (Å²) in [4.78, 5) is 12.0. The van der Waals surface area contributed by atoms with Crippen LogP contribution in [0.1, 0.15) is 17.5 Å². The Morgan fingerprint density at radius 2 is 1.57 bits per heavy atom. The first-order valence-electron chi connectivity index (χ1n) is 8.67. The van der Waals surface area contributed by atoms with Gasteiger partial charge in [0.25, 0.3) is 0 Å². The average Bonchev–Trinajstić information content (AvgIpc) is 2.71. The molecule has 148 valence electrons. The van der Waals surface area contributed by atoms with Crippen LogP contribution in [-0.4, -0.2) is 37.3 Å². The Morgan fingerprint density at radius 3 is 2.18 bits per heavy atom. The molecule has 0 bridgehead atoms. The van der Waals surface area contributed by atoms with Gasteiger partial charge in [-0.3, -0.25) is 4.79 Å². The number of methoxy groups -OCH3 is 3. The fourth-order valence-corrected chi connectivity index (χ4v) is 2.57. The van der Waals surface area contributed by atoms with Crippen molar-refractivity contribution in [3.05, 3.63) is 59.7 Å². The molecule has 0 atom stereocenters. The number of ketones is 1. The standard InChI is InChI=1S/C22H24O6/c1-26-19-12-15(9-11-18(19)24)8-10-17(23)7-5-4-6-16-13-20(27-2)22(25)21(14-16)28-3/h4-7,9,11-14,24-25H,8,10H2,1-3H3/b6-4+,7-5+. The summed E-state index contributed by atoms with van der Waals surface area (Å²) in [7, 11) is 4.41. The van der Waals surface area contributed by atoms with E-state index in [0.29, 0.717) is 30.1 Å². The first-order valence-corrected chi connectivity index (χ1v) is 8.67. The largest absolute Gasteiger partial charge is 0.504 e. The van der Waals surface area contributed by atoms with E-state index in [0.717, 1.165) is 11.1 Å². The van der Waals surface area contributed by atoms with Crippen LogP contribution in [0, 0.1) is 0 Å². The summed E-state index contributed by atoms with van der Waals surface area (Å²) >= 11 is 0. The van der Waals surface area contributed by atoms with E-state index in [4.69, 9.17) is 14.2 Å². The molecule has 28 heavy (non-hydrogen) atoms. The molecule has 0 aliphatic heterocycles. The molecular formula is C22H24O6. The number of benzene rings is 2. The fraction of sp³-hybridized carbons (Fsp3) is 0.227. The van der Waals surface area contributed by atoms with Crippen LogP contribution in [0.15, 0.2) is 48.6 Å². The zero-order chi connectivity index (χ0) is 20.5. The van der Waals surface area contributed by atoms with Crippen molar-refractivity contribution >= 4 is 11.9 Å². The fourth-order valence-electron chi connectivity index (χ4n) is 2.57. The molecule has 0 saturated carbocycles. The summed E-state index contributed by atoms with van der Waals surface area (Å²) in [6, 6.07) is 8.38. The lowest BCUT2D eigenvalue weighted by Gasteiger charge is -2.09. The summed E-state index contributed by atoms with van der Waals surface area (Å²) in [5.74, 6) is 1.01. The van der Waals surface area contributed by atoms with E-state index in [1.807, 2.05) is 0 Å². The van der Waals surface area contributed by atoms with Crippen LogP contribution in [0.4, 0.5) is 0 Å². The van der Waals surface area contributed by atoms with Gasteiger partial charge in [0.1, 0.15) is 0 Å². The second kappa shape index (κ2) is 10.1. The molecule has 2 N–H and O–H groups in total. The van der Waals surface area contributed by atoms with Crippen molar-refractivity contribution in [2.24, 2.45) is 0 Å². The van der Waals surface area contributed by atoms with Gasteiger partial charge >= 0.3 is 0 Å².